The fourth-order valence-corrected chi connectivity index (χ4v) is 2.55. The second-order valence-corrected chi connectivity index (χ2v) is 5.67. The number of halogens is 1. The normalized spacial score (nSPS) is 11.9. The molecule has 3 rings (SSSR count). The molecule has 23 heavy (non-hydrogen) atoms. The monoisotopic (exact) mass is 325 g/mol. The number of ether oxygens (including phenoxy) is 1. The van der Waals surface area contributed by atoms with Gasteiger partial charge in [0.1, 0.15) is 5.75 Å². The highest BCUT2D eigenvalue weighted by Crippen LogP contribution is 2.24. The number of anilines is 1. The predicted molar refractivity (Wildman–Crippen MR) is 94.1 cm³/mol. The molecule has 4 heteroatoms. The maximum atomic E-state index is 12.4. The van der Waals surface area contributed by atoms with Gasteiger partial charge in [0.25, 0.3) is 5.91 Å². The van der Waals surface area contributed by atoms with E-state index in [9.17, 15) is 4.79 Å². The van der Waals surface area contributed by atoms with Crippen molar-refractivity contribution in [2.75, 3.05) is 5.32 Å². The van der Waals surface area contributed by atoms with Crippen LogP contribution >= 0.6 is 11.6 Å². The Balaban J connectivity index is 1.75. The quantitative estimate of drug-likeness (QED) is 0.741. The van der Waals surface area contributed by atoms with Crippen molar-refractivity contribution < 1.29 is 9.53 Å². The number of rotatable bonds is 4. The molecular weight excluding hydrogens is 310 g/mol. The van der Waals surface area contributed by atoms with Crippen molar-refractivity contribution in [3.8, 4) is 5.75 Å². The second-order valence-electron chi connectivity index (χ2n) is 5.23. The topological polar surface area (TPSA) is 38.3 Å². The average Bonchev–Trinajstić information content (AvgIpc) is 2.55. The Hall–Kier alpha value is -2.52. The van der Waals surface area contributed by atoms with Crippen LogP contribution in [0, 0.1) is 0 Å². The van der Waals surface area contributed by atoms with E-state index in [-0.39, 0.29) is 5.91 Å². The van der Waals surface area contributed by atoms with Gasteiger partial charge in [0.15, 0.2) is 6.10 Å². The summed E-state index contributed by atoms with van der Waals surface area (Å²) in [5.41, 5.74) is 0.773. The summed E-state index contributed by atoms with van der Waals surface area (Å²) < 4.78 is 5.64. The Bertz CT molecular complexity index is 842. The van der Waals surface area contributed by atoms with Crippen molar-refractivity contribution in [1.82, 2.24) is 0 Å². The fraction of sp³-hybridized carbons (Fsp3) is 0.105. The van der Waals surface area contributed by atoms with Crippen LogP contribution in [-0.2, 0) is 4.79 Å². The number of benzene rings is 3. The minimum atomic E-state index is -0.632. The molecule has 0 heterocycles. The summed E-state index contributed by atoms with van der Waals surface area (Å²) in [6.45, 7) is 1.71. The van der Waals surface area contributed by atoms with Gasteiger partial charge in [-0.25, -0.2) is 0 Å². The van der Waals surface area contributed by atoms with Crippen LogP contribution in [0.4, 0.5) is 5.69 Å². The summed E-state index contributed by atoms with van der Waals surface area (Å²) in [5.74, 6) is 0.361. The van der Waals surface area contributed by atoms with Gasteiger partial charge in [-0.05, 0) is 36.6 Å². The van der Waals surface area contributed by atoms with Crippen LogP contribution in [0.3, 0.4) is 0 Å². The van der Waals surface area contributed by atoms with Crippen LogP contribution in [0.15, 0.2) is 66.7 Å². The lowest BCUT2D eigenvalue weighted by Crippen LogP contribution is -2.30. The molecule has 1 amide bonds. The Morgan fingerprint density at radius 2 is 1.78 bits per heavy atom. The summed E-state index contributed by atoms with van der Waals surface area (Å²) >= 11 is 5.92. The van der Waals surface area contributed by atoms with Gasteiger partial charge in [-0.15, -0.1) is 0 Å². The Labute approximate surface area is 139 Å². The molecule has 1 unspecified atom stereocenters. The van der Waals surface area contributed by atoms with Crippen LogP contribution in [0.25, 0.3) is 10.8 Å². The first-order valence-electron chi connectivity index (χ1n) is 7.34. The number of fused-ring (bicyclic) bond motifs is 1. The highest BCUT2D eigenvalue weighted by Gasteiger charge is 2.16. The van der Waals surface area contributed by atoms with Crippen molar-refractivity contribution in [2.24, 2.45) is 0 Å². The molecule has 0 aliphatic heterocycles. The van der Waals surface area contributed by atoms with Gasteiger partial charge in [0.2, 0.25) is 0 Å². The maximum absolute atomic E-state index is 12.4. The van der Waals surface area contributed by atoms with Gasteiger partial charge < -0.3 is 10.1 Å². The van der Waals surface area contributed by atoms with E-state index in [1.54, 1.807) is 31.2 Å². The van der Waals surface area contributed by atoms with Gasteiger partial charge in [-0.3, -0.25) is 4.79 Å². The van der Waals surface area contributed by atoms with E-state index in [0.717, 1.165) is 16.5 Å². The number of nitrogens with one attached hydrogen (secondary N) is 1. The van der Waals surface area contributed by atoms with Crippen molar-refractivity contribution in [2.45, 2.75) is 13.0 Å². The van der Waals surface area contributed by atoms with Crippen LogP contribution < -0.4 is 10.1 Å². The lowest BCUT2D eigenvalue weighted by atomic mass is 10.1. The summed E-state index contributed by atoms with van der Waals surface area (Å²) in [6.07, 6.45) is -0.632. The highest BCUT2D eigenvalue weighted by molar-refractivity contribution is 6.30. The molecule has 1 atom stereocenters. The molecule has 3 aromatic carbocycles. The molecule has 0 radical (unpaired) electrons. The van der Waals surface area contributed by atoms with Crippen molar-refractivity contribution in [3.63, 3.8) is 0 Å². The maximum Gasteiger partial charge on any atom is 0.265 e. The third kappa shape index (κ3) is 3.63. The molecule has 0 aliphatic rings. The predicted octanol–water partition coefficient (Wildman–Crippen LogP) is 4.90. The fourth-order valence-electron chi connectivity index (χ4n) is 2.37. The van der Waals surface area contributed by atoms with Gasteiger partial charge in [0, 0.05) is 16.1 Å². The zero-order valence-corrected chi connectivity index (χ0v) is 13.4. The van der Waals surface area contributed by atoms with Crippen LogP contribution in [0.2, 0.25) is 5.02 Å². The number of carbonyl (C=O) groups is 1. The molecule has 3 aromatic rings. The Morgan fingerprint density at radius 3 is 2.61 bits per heavy atom. The van der Waals surface area contributed by atoms with E-state index in [0.29, 0.717) is 10.8 Å². The molecule has 0 aliphatic carbocycles. The minimum Gasteiger partial charge on any atom is -0.481 e. The number of amides is 1. The minimum absolute atomic E-state index is 0.207. The average molecular weight is 326 g/mol. The molecule has 0 fully saturated rings. The third-order valence-corrected chi connectivity index (χ3v) is 3.76. The smallest absolute Gasteiger partial charge is 0.265 e. The summed E-state index contributed by atoms with van der Waals surface area (Å²) in [5, 5.41) is 5.57. The number of hydrogen-bond donors (Lipinski definition) is 1. The van der Waals surface area contributed by atoms with Gasteiger partial charge in [0.05, 0.1) is 0 Å². The highest BCUT2D eigenvalue weighted by atomic mass is 35.5. The van der Waals surface area contributed by atoms with E-state index in [1.165, 1.54) is 0 Å². The molecular formula is C19H16ClNO2. The lowest BCUT2D eigenvalue weighted by Gasteiger charge is -2.16. The summed E-state index contributed by atoms with van der Waals surface area (Å²) in [7, 11) is 0. The standard InChI is InChI=1S/C19H16ClNO2/c1-13(23-16-9-5-8-15(20)12-16)19(22)21-18-11-4-7-14-6-2-3-10-17(14)18/h2-13H,1H3,(H,21,22). The molecule has 3 nitrogen and oxygen atoms in total. The third-order valence-electron chi connectivity index (χ3n) is 3.53. The Kier molecular flexibility index (Phi) is 4.49. The molecule has 0 bridgehead atoms. The summed E-state index contributed by atoms with van der Waals surface area (Å²) in [6, 6.07) is 20.7. The molecule has 0 saturated heterocycles. The number of carbonyl (C=O) groups excluding carboxylic acids is 1. The first-order valence-corrected chi connectivity index (χ1v) is 7.72. The molecule has 0 aromatic heterocycles. The first kappa shape index (κ1) is 15.4. The molecule has 116 valence electrons. The zero-order chi connectivity index (χ0) is 16.2. The van der Waals surface area contributed by atoms with E-state index in [4.69, 9.17) is 16.3 Å². The molecule has 0 spiro atoms. The summed E-state index contributed by atoms with van der Waals surface area (Å²) in [4.78, 5) is 12.4. The van der Waals surface area contributed by atoms with Crippen molar-refractivity contribution >= 4 is 34.0 Å². The molecule has 0 saturated carbocycles. The van der Waals surface area contributed by atoms with Crippen LogP contribution in [-0.4, -0.2) is 12.0 Å². The van der Waals surface area contributed by atoms with E-state index < -0.39 is 6.10 Å². The lowest BCUT2D eigenvalue weighted by molar-refractivity contribution is -0.122. The van der Waals surface area contributed by atoms with Gasteiger partial charge in [-0.1, -0.05) is 54.1 Å². The number of hydrogen-bond acceptors (Lipinski definition) is 2. The van der Waals surface area contributed by atoms with E-state index in [2.05, 4.69) is 5.32 Å². The Morgan fingerprint density at radius 1 is 1.04 bits per heavy atom. The largest absolute Gasteiger partial charge is 0.481 e. The van der Waals surface area contributed by atoms with E-state index in [1.807, 2.05) is 42.5 Å². The van der Waals surface area contributed by atoms with Crippen molar-refractivity contribution in [1.29, 1.82) is 0 Å². The van der Waals surface area contributed by atoms with Gasteiger partial charge >= 0.3 is 0 Å². The van der Waals surface area contributed by atoms with E-state index >= 15 is 0 Å². The SMILES string of the molecule is CC(Oc1cccc(Cl)c1)C(=O)Nc1cccc2ccccc12. The second kappa shape index (κ2) is 6.71. The molecule has 1 N–H and O–H groups in total. The zero-order valence-electron chi connectivity index (χ0n) is 12.6. The van der Waals surface area contributed by atoms with Crippen LogP contribution in [0.1, 0.15) is 6.92 Å². The van der Waals surface area contributed by atoms with Crippen molar-refractivity contribution in [3.05, 3.63) is 71.8 Å². The first-order chi connectivity index (χ1) is 11.1. The van der Waals surface area contributed by atoms with Gasteiger partial charge in [-0.2, -0.15) is 0 Å². The van der Waals surface area contributed by atoms with Crippen LogP contribution in [0.5, 0.6) is 5.75 Å².